The van der Waals surface area contributed by atoms with Gasteiger partial charge < -0.3 is 15.5 Å². The predicted molar refractivity (Wildman–Crippen MR) is 125 cm³/mol. The van der Waals surface area contributed by atoms with Gasteiger partial charge in [0.1, 0.15) is 0 Å². The van der Waals surface area contributed by atoms with Crippen molar-refractivity contribution in [2.75, 3.05) is 37.6 Å². The van der Waals surface area contributed by atoms with Gasteiger partial charge in [-0.05, 0) is 36.1 Å². The van der Waals surface area contributed by atoms with Gasteiger partial charge in [0.15, 0.2) is 5.78 Å². The Morgan fingerprint density at radius 2 is 1.84 bits per heavy atom. The topological polar surface area (TPSA) is 102 Å². The van der Waals surface area contributed by atoms with Crippen molar-refractivity contribution in [3.63, 3.8) is 0 Å². The van der Waals surface area contributed by atoms with Crippen LogP contribution in [0.1, 0.15) is 57.3 Å². The zero-order valence-electron chi connectivity index (χ0n) is 19.8. The van der Waals surface area contributed by atoms with Gasteiger partial charge in [-0.3, -0.25) is 19.6 Å². The molecule has 0 radical (unpaired) electrons. The van der Waals surface area contributed by atoms with Gasteiger partial charge >= 0.3 is 0 Å². The molecule has 1 aromatic rings. The molecule has 1 aliphatic heterocycles. The molecule has 0 aliphatic carbocycles. The normalized spacial score (nSPS) is 16.2. The zero-order chi connectivity index (χ0) is 23.7. The van der Waals surface area contributed by atoms with E-state index in [9.17, 15) is 19.6 Å². The summed E-state index contributed by atoms with van der Waals surface area (Å²) in [5.74, 6) is -1.06. The van der Waals surface area contributed by atoms with Crippen molar-refractivity contribution in [3.8, 4) is 0 Å². The Morgan fingerprint density at radius 1 is 1.22 bits per heavy atom. The van der Waals surface area contributed by atoms with Crippen LogP contribution in [0.3, 0.4) is 0 Å². The van der Waals surface area contributed by atoms with Gasteiger partial charge in [0.25, 0.3) is 0 Å². The summed E-state index contributed by atoms with van der Waals surface area (Å²) in [7, 11) is 0. The number of anilines is 1. The van der Waals surface area contributed by atoms with E-state index in [1.165, 1.54) is 0 Å². The third kappa shape index (κ3) is 7.31. The Balaban J connectivity index is 2.16. The number of piperazine rings is 1. The van der Waals surface area contributed by atoms with Crippen LogP contribution in [0.5, 0.6) is 0 Å². The number of rotatable bonds is 11. The summed E-state index contributed by atoms with van der Waals surface area (Å²) < 4.78 is 0. The van der Waals surface area contributed by atoms with Crippen molar-refractivity contribution in [1.82, 2.24) is 15.7 Å². The largest absolute Gasteiger partial charge is 0.369 e. The number of nitrogens with zero attached hydrogens (tertiary/aromatic N) is 2. The molecule has 0 saturated carbocycles. The fraction of sp³-hybridized carbons (Fsp3) is 0.625. The summed E-state index contributed by atoms with van der Waals surface area (Å²) in [4.78, 5) is 39.5. The monoisotopic (exact) mass is 446 g/mol. The lowest BCUT2D eigenvalue weighted by Crippen LogP contribution is -2.52. The molecule has 1 fully saturated rings. The molecule has 1 heterocycles. The number of hydrogen-bond donors (Lipinski definition) is 3. The number of Topliss-reactive ketones (excluding diaryl/α,β-unsaturated/α-hetero) is 1. The number of amides is 2. The number of benzene rings is 1. The highest BCUT2D eigenvalue weighted by molar-refractivity contribution is 6.02. The van der Waals surface area contributed by atoms with Crippen LogP contribution in [0.2, 0.25) is 0 Å². The lowest BCUT2D eigenvalue weighted by molar-refractivity contribution is -0.154. The quantitative estimate of drug-likeness (QED) is 0.209. The van der Waals surface area contributed by atoms with Crippen molar-refractivity contribution < 1.29 is 19.6 Å². The van der Waals surface area contributed by atoms with Gasteiger partial charge in [-0.1, -0.05) is 40.5 Å². The van der Waals surface area contributed by atoms with E-state index in [0.29, 0.717) is 23.5 Å². The number of unbranched alkanes of at least 4 members (excludes halogenated alkanes) is 1. The summed E-state index contributed by atoms with van der Waals surface area (Å²) in [5, 5.41) is 16.3. The van der Waals surface area contributed by atoms with Crippen molar-refractivity contribution in [2.24, 2.45) is 11.3 Å². The smallest absolute Gasteiger partial charge is 0.233 e. The minimum absolute atomic E-state index is 0.0974. The van der Waals surface area contributed by atoms with E-state index in [1.54, 1.807) is 0 Å². The highest BCUT2D eigenvalue weighted by atomic mass is 16.5. The van der Waals surface area contributed by atoms with Crippen LogP contribution in [-0.2, 0) is 9.59 Å². The second-order valence-corrected chi connectivity index (χ2v) is 9.52. The molecule has 0 unspecified atom stereocenters. The first-order chi connectivity index (χ1) is 15.2. The molecule has 8 nitrogen and oxygen atoms in total. The van der Waals surface area contributed by atoms with Gasteiger partial charge in [-0.2, -0.15) is 0 Å². The van der Waals surface area contributed by atoms with Crippen LogP contribution in [0, 0.1) is 11.3 Å². The second kappa shape index (κ2) is 12.0. The van der Waals surface area contributed by atoms with Crippen molar-refractivity contribution in [2.45, 2.75) is 53.0 Å². The van der Waals surface area contributed by atoms with Crippen LogP contribution in [0.25, 0.3) is 0 Å². The van der Waals surface area contributed by atoms with E-state index in [2.05, 4.69) is 15.5 Å². The molecule has 2 amide bonds. The molecule has 2 rings (SSSR count). The minimum atomic E-state index is -0.729. The fourth-order valence-electron chi connectivity index (χ4n) is 3.89. The van der Waals surface area contributed by atoms with Gasteiger partial charge in [0, 0.05) is 37.4 Å². The first-order valence-corrected chi connectivity index (χ1v) is 11.5. The molecule has 3 N–H and O–H groups in total. The summed E-state index contributed by atoms with van der Waals surface area (Å²) in [6.45, 7) is 11.4. The van der Waals surface area contributed by atoms with Gasteiger partial charge in [0.2, 0.25) is 12.3 Å². The van der Waals surface area contributed by atoms with Crippen LogP contribution in [0.4, 0.5) is 5.69 Å². The Hall–Kier alpha value is -2.45. The number of hydrogen-bond acceptors (Lipinski definition) is 6. The Kier molecular flexibility index (Phi) is 9.65. The van der Waals surface area contributed by atoms with Crippen LogP contribution >= 0.6 is 0 Å². The van der Waals surface area contributed by atoms with E-state index >= 15 is 0 Å². The average Bonchev–Trinajstić information content (AvgIpc) is 2.79. The average molecular weight is 447 g/mol. The Morgan fingerprint density at radius 3 is 2.38 bits per heavy atom. The third-order valence-electron chi connectivity index (χ3n) is 5.85. The number of nitrogens with one attached hydrogen (secondary N) is 2. The Labute approximate surface area is 191 Å². The first kappa shape index (κ1) is 25.8. The van der Waals surface area contributed by atoms with E-state index < -0.39 is 17.4 Å². The van der Waals surface area contributed by atoms with Crippen molar-refractivity contribution in [3.05, 3.63) is 29.8 Å². The van der Waals surface area contributed by atoms with E-state index in [4.69, 9.17) is 0 Å². The third-order valence-corrected chi connectivity index (χ3v) is 5.85. The van der Waals surface area contributed by atoms with Crippen LogP contribution in [-0.4, -0.2) is 67.1 Å². The molecule has 8 heteroatoms. The van der Waals surface area contributed by atoms with Gasteiger partial charge in [-0.25, -0.2) is 5.06 Å². The molecule has 2 atom stereocenters. The maximum Gasteiger partial charge on any atom is 0.233 e. The number of carbonyl (C=O) groups excluding carboxylic acids is 3. The molecular formula is C24H38N4O4. The van der Waals surface area contributed by atoms with Gasteiger partial charge in [-0.15, -0.1) is 0 Å². The second-order valence-electron chi connectivity index (χ2n) is 9.52. The molecule has 1 aliphatic rings. The van der Waals surface area contributed by atoms with E-state index in [-0.39, 0.29) is 18.2 Å². The molecule has 32 heavy (non-hydrogen) atoms. The Bertz CT molecular complexity index is 754. The standard InChI is InChI=1S/C24H38N4O4/c1-5-6-7-19(16-28(32)17-29)23(31)26-22(24(2,3)4)21(30)18-8-10-20(11-9-18)27-14-12-25-13-15-27/h8-11,17,19,22,25,32H,5-7,12-16H2,1-4H3,(H,26,31)/t19-,22-/m1/s1. The SMILES string of the molecule is CCCC[C@H](CN(O)C=O)C(=O)N[C@H](C(=O)c1ccc(N2CCNCC2)cc1)C(C)(C)C. The molecule has 1 saturated heterocycles. The molecule has 0 spiro atoms. The lowest BCUT2D eigenvalue weighted by atomic mass is 9.81. The highest BCUT2D eigenvalue weighted by Crippen LogP contribution is 2.25. The van der Waals surface area contributed by atoms with Crippen molar-refractivity contribution >= 4 is 23.8 Å². The molecular weight excluding hydrogens is 408 g/mol. The van der Waals surface area contributed by atoms with Crippen molar-refractivity contribution in [1.29, 1.82) is 0 Å². The fourth-order valence-corrected chi connectivity index (χ4v) is 3.89. The van der Waals surface area contributed by atoms with Gasteiger partial charge in [0.05, 0.1) is 18.5 Å². The molecule has 1 aromatic carbocycles. The summed E-state index contributed by atoms with van der Waals surface area (Å²) in [6, 6.07) is 6.82. The number of hydroxylamine groups is 2. The van der Waals surface area contributed by atoms with Crippen LogP contribution < -0.4 is 15.5 Å². The molecule has 178 valence electrons. The zero-order valence-corrected chi connectivity index (χ0v) is 19.8. The maximum absolute atomic E-state index is 13.4. The molecule has 0 bridgehead atoms. The minimum Gasteiger partial charge on any atom is -0.369 e. The highest BCUT2D eigenvalue weighted by Gasteiger charge is 2.35. The maximum atomic E-state index is 13.4. The summed E-state index contributed by atoms with van der Waals surface area (Å²) in [5.41, 5.74) is 1.12. The first-order valence-electron chi connectivity index (χ1n) is 11.5. The number of carbonyl (C=O) groups is 3. The summed E-state index contributed by atoms with van der Waals surface area (Å²) >= 11 is 0. The predicted octanol–water partition coefficient (Wildman–Crippen LogP) is 2.46. The molecule has 0 aromatic heterocycles. The number of ketones is 1. The van der Waals surface area contributed by atoms with E-state index in [1.807, 2.05) is 52.0 Å². The van der Waals surface area contributed by atoms with E-state index in [0.717, 1.165) is 44.7 Å². The lowest BCUT2D eigenvalue weighted by Gasteiger charge is -2.32. The summed E-state index contributed by atoms with van der Waals surface area (Å²) in [6.07, 6.45) is 2.49. The van der Waals surface area contributed by atoms with Crippen LogP contribution in [0.15, 0.2) is 24.3 Å².